The van der Waals surface area contributed by atoms with Crippen LogP contribution < -0.4 is 22.5 Å². The van der Waals surface area contributed by atoms with Crippen LogP contribution in [-0.4, -0.2) is 94.3 Å². The van der Waals surface area contributed by atoms with E-state index < -0.39 is 42.2 Å². The summed E-state index contributed by atoms with van der Waals surface area (Å²) in [7, 11) is 2.88. The number of aliphatic imine (C=N–C) groups is 1. The molecule has 3 aliphatic rings. The van der Waals surface area contributed by atoms with Crippen molar-refractivity contribution >= 4 is 29.2 Å². The third kappa shape index (κ3) is 7.65. The lowest BCUT2D eigenvalue weighted by Gasteiger charge is -2.35. The van der Waals surface area contributed by atoms with E-state index in [1.807, 2.05) is 19.9 Å². The first-order chi connectivity index (χ1) is 20.9. The molecule has 1 amide bonds. The van der Waals surface area contributed by atoms with E-state index in [0.717, 1.165) is 29.7 Å². The fourth-order valence-corrected chi connectivity index (χ4v) is 7.11. The van der Waals surface area contributed by atoms with Crippen LogP contribution in [0.4, 0.5) is 5.82 Å². The number of fused-ring (bicyclic) bond motifs is 1. The predicted octanol–water partition coefficient (Wildman–Crippen LogP) is -0.258. The molecular weight excluding hydrogens is 570 g/mol. The molecule has 3 aliphatic carbocycles. The van der Waals surface area contributed by atoms with Gasteiger partial charge in [0.1, 0.15) is 12.1 Å². The number of amides is 1. The maximum atomic E-state index is 12.0. The second-order valence-corrected chi connectivity index (χ2v) is 11.8. The summed E-state index contributed by atoms with van der Waals surface area (Å²) in [6.45, 7) is 5.93. The lowest BCUT2D eigenvalue weighted by Crippen LogP contribution is -2.51. The van der Waals surface area contributed by atoms with Gasteiger partial charge in [0, 0.05) is 43.4 Å². The summed E-state index contributed by atoms with van der Waals surface area (Å²) in [6.07, 6.45) is 4.24. The van der Waals surface area contributed by atoms with Gasteiger partial charge in [0.15, 0.2) is 5.96 Å². The highest BCUT2D eigenvalue weighted by Crippen LogP contribution is 2.44. The highest BCUT2D eigenvalue weighted by molar-refractivity contribution is 5.77. The highest BCUT2D eigenvalue weighted by Gasteiger charge is 2.51. The Morgan fingerprint density at radius 2 is 1.77 bits per heavy atom. The van der Waals surface area contributed by atoms with Crippen molar-refractivity contribution in [3.63, 3.8) is 0 Å². The molecule has 9 atom stereocenters. The molecule has 14 heteroatoms. The standard InChI is InChI=1S/C16H30N4O4.C14H19N3O3/c1-5-9(6-2)13(19-8(3)21)12-11(20-16(17)18)7-10(14(12)22)15(23)24-4;1-20-5-7-4-10(13(19)12(7)18)8-2-3-9-11(8)16-6-17-14(9)15/h9-14,22H,5-7H2,1-4H3,(H,19,21)(H4,17,18,20);2,6-7,10,12-13,18-19H,3-5H2,1H3,(H2,15,16,17)/t10-,11+,12+,13-,14+;7-,10+,12-,13+/m01/s1. The molecule has 44 heavy (non-hydrogen) atoms. The van der Waals surface area contributed by atoms with E-state index in [0.29, 0.717) is 25.3 Å². The van der Waals surface area contributed by atoms with Crippen molar-refractivity contribution in [1.82, 2.24) is 15.3 Å². The van der Waals surface area contributed by atoms with Crippen LogP contribution in [0.3, 0.4) is 0 Å². The molecule has 0 unspecified atom stereocenters. The lowest BCUT2D eigenvalue weighted by atomic mass is 9.80. The fourth-order valence-electron chi connectivity index (χ4n) is 7.11. The number of guanidine groups is 1. The van der Waals surface area contributed by atoms with Crippen molar-refractivity contribution in [2.45, 2.75) is 83.3 Å². The third-order valence-electron chi connectivity index (χ3n) is 9.27. The average molecular weight is 620 g/mol. The number of rotatable bonds is 10. The van der Waals surface area contributed by atoms with Crippen LogP contribution in [0.15, 0.2) is 17.4 Å². The maximum absolute atomic E-state index is 12.0. The van der Waals surface area contributed by atoms with Crippen LogP contribution in [0.2, 0.25) is 0 Å². The van der Waals surface area contributed by atoms with Crippen LogP contribution in [0, 0.1) is 29.6 Å². The van der Waals surface area contributed by atoms with E-state index >= 15 is 0 Å². The quantitative estimate of drug-likeness (QED) is 0.102. The van der Waals surface area contributed by atoms with Crippen molar-refractivity contribution in [3.05, 3.63) is 23.7 Å². The molecule has 14 nitrogen and oxygen atoms in total. The molecule has 1 aromatic heterocycles. The first kappa shape index (κ1) is 35.2. The zero-order chi connectivity index (χ0) is 32.7. The summed E-state index contributed by atoms with van der Waals surface area (Å²) in [4.78, 5) is 36.2. The number of esters is 1. The molecule has 0 aliphatic heterocycles. The summed E-state index contributed by atoms with van der Waals surface area (Å²) in [6, 6.07) is -0.776. The number of methoxy groups -OCH3 is 2. The molecule has 0 aromatic carbocycles. The Hall–Kier alpha value is -3.33. The SMILES string of the molecule is CCC(CC)[C@H](NC(C)=O)[C@@H]1[C@H](O)[C@@H](C(=O)OC)C[C@H]1N=C(N)N.COC[C@H]1C[C@@H](C2=CCc3c(N)ncnc32)[C@H](O)[C@@H]1O. The molecule has 2 fully saturated rings. The summed E-state index contributed by atoms with van der Waals surface area (Å²) in [5.74, 6) is -1.50. The minimum Gasteiger partial charge on any atom is -0.469 e. The number of nitrogens with zero attached hydrogens (tertiary/aromatic N) is 3. The Kier molecular flexibility index (Phi) is 12.5. The monoisotopic (exact) mass is 619 g/mol. The van der Waals surface area contributed by atoms with Crippen molar-refractivity contribution in [3.8, 4) is 0 Å². The van der Waals surface area contributed by atoms with Gasteiger partial charge < -0.3 is 47.3 Å². The van der Waals surface area contributed by atoms with Crippen molar-refractivity contribution in [2.75, 3.05) is 26.6 Å². The number of hydrogen-bond donors (Lipinski definition) is 7. The van der Waals surface area contributed by atoms with Crippen molar-refractivity contribution < 1.29 is 34.4 Å². The molecule has 246 valence electrons. The Labute approximate surface area is 258 Å². The van der Waals surface area contributed by atoms with Crippen molar-refractivity contribution in [1.29, 1.82) is 0 Å². The van der Waals surface area contributed by atoms with E-state index in [2.05, 4.69) is 20.3 Å². The molecular formula is C30H49N7O7. The smallest absolute Gasteiger partial charge is 0.311 e. The number of nitrogen functional groups attached to an aromatic ring is 1. The fraction of sp³-hybridized carbons (Fsp3) is 0.700. The van der Waals surface area contributed by atoms with Gasteiger partial charge >= 0.3 is 5.97 Å². The predicted molar refractivity (Wildman–Crippen MR) is 165 cm³/mol. The number of nitrogens with two attached hydrogens (primary N) is 3. The number of aliphatic hydroxyl groups is 3. The van der Waals surface area contributed by atoms with E-state index in [1.54, 1.807) is 7.11 Å². The van der Waals surface area contributed by atoms with Gasteiger partial charge in [-0.05, 0) is 30.8 Å². The van der Waals surface area contributed by atoms with Gasteiger partial charge in [0.2, 0.25) is 5.91 Å². The number of hydrogen-bond acceptors (Lipinski definition) is 11. The molecule has 1 aromatic rings. The van der Waals surface area contributed by atoms with Gasteiger partial charge in [-0.2, -0.15) is 0 Å². The number of ether oxygens (including phenoxy) is 2. The molecule has 0 spiro atoms. The van der Waals surface area contributed by atoms with E-state index in [4.69, 9.17) is 26.7 Å². The zero-order valence-electron chi connectivity index (χ0n) is 26.2. The van der Waals surface area contributed by atoms with E-state index in [1.165, 1.54) is 20.4 Å². The average Bonchev–Trinajstić information content (AvgIpc) is 3.63. The van der Waals surface area contributed by atoms with Gasteiger partial charge in [-0.15, -0.1) is 0 Å². The number of allylic oxidation sites excluding steroid dienone is 1. The number of nitrogens with one attached hydrogen (secondary N) is 1. The van der Waals surface area contributed by atoms with Crippen LogP contribution in [0.1, 0.15) is 57.7 Å². The summed E-state index contributed by atoms with van der Waals surface area (Å²) in [5.41, 5.74) is 19.6. The van der Waals surface area contributed by atoms with Gasteiger partial charge in [0.25, 0.3) is 0 Å². The number of carbonyl (C=O) groups is 2. The second-order valence-electron chi connectivity index (χ2n) is 11.8. The largest absolute Gasteiger partial charge is 0.469 e. The Bertz CT molecular complexity index is 1200. The van der Waals surface area contributed by atoms with E-state index in [9.17, 15) is 24.9 Å². The van der Waals surface area contributed by atoms with Gasteiger partial charge in [0.05, 0.1) is 49.7 Å². The lowest BCUT2D eigenvalue weighted by molar-refractivity contribution is -0.149. The van der Waals surface area contributed by atoms with E-state index in [-0.39, 0.29) is 42.1 Å². The molecule has 2 saturated carbocycles. The highest BCUT2D eigenvalue weighted by atomic mass is 16.5. The summed E-state index contributed by atoms with van der Waals surface area (Å²) in [5, 5.41) is 34.1. The maximum Gasteiger partial charge on any atom is 0.311 e. The second kappa shape index (κ2) is 15.6. The van der Waals surface area contributed by atoms with Gasteiger partial charge in [-0.25, -0.2) is 15.0 Å². The minimum absolute atomic E-state index is 0.0517. The summed E-state index contributed by atoms with van der Waals surface area (Å²) < 4.78 is 9.89. The van der Waals surface area contributed by atoms with Crippen molar-refractivity contribution in [2.24, 2.45) is 46.0 Å². The van der Waals surface area contributed by atoms with Gasteiger partial charge in [-0.1, -0.05) is 32.8 Å². The molecule has 0 radical (unpaired) electrons. The van der Waals surface area contributed by atoms with Crippen LogP contribution >= 0.6 is 0 Å². The number of carbonyl (C=O) groups excluding carboxylic acids is 2. The summed E-state index contributed by atoms with van der Waals surface area (Å²) >= 11 is 0. The third-order valence-corrected chi connectivity index (χ3v) is 9.27. The molecule has 0 bridgehead atoms. The van der Waals surface area contributed by atoms with Crippen LogP contribution in [0.5, 0.6) is 0 Å². The van der Waals surface area contributed by atoms with Crippen LogP contribution in [-0.2, 0) is 25.5 Å². The Morgan fingerprint density at radius 3 is 2.34 bits per heavy atom. The van der Waals surface area contributed by atoms with Gasteiger partial charge in [-0.3, -0.25) is 9.59 Å². The first-order valence-corrected chi connectivity index (χ1v) is 15.2. The zero-order valence-corrected chi connectivity index (χ0v) is 26.2. The number of aromatic nitrogens is 2. The Balaban J connectivity index is 0.000000243. The number of anilines is 1. The normalized spacial score (nSPS) is 29.7. The molecule has 1 heterocycles. The molecule has 4 rings (SSSR count). The first-order valence-electron chi connectivity index (χ1n) is 15.2. The molecule has 10 N–H and O–H groups in total. The molecule has 0 saturated heterocycles. The van der Waals surface area contributed by atoms with Crippen LogP contribution in [0.25, 0.3) is 5.57 Å². The number of aliphatic hydroxyl groups excluding tert-OH is 3. The Morgan fingerprint density at radius 1 is 1.09 bits per heavy atom. The topological polar surface area (TPSA) is 242 Å². The minimum atomic E-state index is -0.983.